The standard InChI is InChI=1S/C16H18FN3O/c17-14-7-12(8-15(21)9-14)11-20-6-5-19-10-16(20)13-1-3-18-4-2-13/h1-4,7-9,16,19,21H,5-6,10-11H2. The average Bonchev–Trinajstić information content (AvgIpc) is 2.48. The second-order valence-corrected chi connectivity index (χ2v) is 5.29. The van der Waals surface area contributed by atoms with Gasteiger partial charge in [0.15, 0.2) is 0 Å². The first-order valence-electron chi connectivity index (χ1n) is 7.05. The topological polar surface area (TPSA) is 48.4 Å². The van der Waals surface area contributed by atoms with Crippen molar-refractivity contribution >= 4 is 0 Å². The Labute approximate surface area is 123 Å². The Bertz CT molecular complexity index is 585. The average molecular weight is 287 g/mol. The molecule has 1 fully saturated rings. The Kier molecular flexibility index (Phi) is 4.13. The van der Waals surface area contributed by atoms with Crippen LogP contribution in [0, 0.1) is 5.82 Å². The van der Waals surface area contributed by atoms with Gasteiger partial charge in [-0.25, -0.2) is 4.39 Å². The zero-order valence-corrected chi connectivity index (χ0v) is 11.7. The summed E-state index contributed by atoms with van der Waals surface area (Å²) < 4.78 is 13.4. The van der Waals surface area contributed by atoms with E-state index in [9.17, 15) is 9.50 Å². The molecular formula is C16H18FN3O. The minimum atomic E-state index is -0.402. The smallest absolute Gasteiger partial charge is 0.127 e. The lowest BCUT2D eigenvalue weighted by Crippen LogP contribution is -2.45. The summed E-state index contributed by atoms with van der Waals surface area (Å²) >= 11 is 0. The highest BCUT2D eigenvalue weighted by Gasteiger charge is 2.23. The van der Waals surface area contributed by atoms with E-state index in [4.69, 9.17) is 0 Å². The van der Waals surface area contributed by atoms with Gasteiger partial charge in [-0.15, -0.1) is 0 Å². The Morgan fingerprint density at radius 2 is 2.10 bits per heavy atom. The lowest BCUT2D eigenvalue weighted by Gasteiger charge is -2.36. The number of hydrogen-bond donors (Lipinski definition) is 2. The van der Waals surface area contributed by atoms with E-state index in [1.165, 1.54) is 11.6 Å². The molecule has 0 radical (unpaired) electrons. The third-order valence-electron chi connectivity index (χ3n) is 3.77. The van der Waals surface area contributed by atoms with E-state index in [0.717, 1.165) is 31.3 Å². The number of aromatic hydroxyl groups is 1. The summed E-state index contributed by atoms with van der Waals surface area (Å²) in [5.41, 5.74) is 1.98. The van der Waals surface area contributed by atoms with E-state index in [1.807, 2.05) is 12.1 Å². The molecule has 4 nitrogen and oxygen atoms in total. The maximum absolute atomic E-state index is 13.4. The molecule has 0 amide bonds. The van der Waals surface area contributed by atoms with Crippen LogP contribution in [0.2, 0.25) is 0 Å². The summed E-state index contributed by atoms with van der Waals surface area (Å²) in [6.45, 7) is 3.25. The van der Waals surface area contributed by atoms with Crippen LogP contribution in [0.5, 0.6) is 5.75 Å². The van der Waals surface area contributed by atoms with E-state index in [0.29, 0.717) is 6.54 Å². The van der Waals surface area contributed by atoms with Gasteiger partial charge in [-0.05, 0) is 35.4 Å². The highest BCUT2D eigenvalue weighted by molar-refractivity contribution is 5.28. The van der Waals surface area contributed by atoms with Gasteiger partial charge >= 0.3 is 0 Å². The first kappa shape index (κ1) is 14.0. The number of nitrogens with zero attached hydrogens (tertiary/aromatic N) is 2. The zero-order valence-electron chi connectivity index (χ0n) is 11.7. The van der Waals surface area contributed by atoms with Crippen molar-refractivity contribution in [2.45, 2.75) is 12.6 Å². The maximum atomic E-state index is 13.4. The quantitative estimate of drug-likeness (QED) is 0.907. The molecular weight excluding hydrogens is 269 g/mol. The van der Waals surface area contributed by atoms with Crippen LogP contribution in [-0.4, -0.2) is 34.6 Å². The molecule has 2 heterocycles. The van der Waals surface area contributed by atoms with Crippen LogP contribution < -0.4 is 5.32 Å². The Morgan fingerprint density at radius 1 is 1.29 bits per heavy atom. The monoisotopic (exact) mass is 287 g/mol. The SMILES string of the molecule is Oc1cc(F)cc(CN2CCNCC2c2ccncc2)c1. The molecule has 1 unspecified atom stereocenters. The molecule has 0 saturated carbocycles. The van der Waals surface area contributed by atoms with Crippen molar-refractivity contribution in [3.63, 3.8) is 0 Å². The minimum Gasteiger partial charge on any atom is -0.508 e. The van der Waals surface area contributed by atoms with Crippen LogP contribution in [0.1, 0.15) is 17.2 Å². The van der Waals surface area contributed by atoms with E-state index in [-0.39, 0.29) is 11.8 Å². The lowest BCUT2D eigenvalue weighted by molar-refractivity contribution is 0.153. The third-order valence-corrected chi connectivity index (χ3v) is 3.77. The lowest BCUT2D eigenvalue weighted by atomic mass is 10.0. The van der Waals surface area contributed by atoms with Gasteiger partial charge in [0, 0.05) is 50.7 Å². The maximum Gasteiger partial charge on any atom is 0.127 e. The van der Waals surface area contributed by atoms with Crippen LogP contribution in [0.25, 0.3) is 0 Å². The van der Waals surface area contributed by atoms with E-state index >= 15 is 0 Å². The summed E-state index contributed by atoms with van der Waals surface area (Å²) in [5.74, 6) is -0.429. The molecule has 1 aliphatic rings. The number of pyridine rings is 1. The molecule has 1 aromatic carbocycles. The van der Waals surface area contributed by atoms with Crippen LogP contribution in [0.4, 0.5) is 4.39 Å². The van der Waals surface area contributed by atoms with E-state index in [1.54, 1.807) is 18.5 Å². The van der Waals surface area contributed by atoms with Gasteiger partial charge in [-0.3, -0.25) is 9.88 Å². The number of rotatable bonds is 3. The number of hydrogen-bond acceptors (Lipinski definition) is 4. The number of halogens is 1. The van der Waals surface area contributed by atoms with Crippen molar-refractivity contribution in [3.8, 4) is 5.75 Å². The number of nitrogens with one attached hydrogen (secondary N) is 1. The fourth-order valence-corrected chi connectivity index (χ4v) is 2.81. The highest BCUT2D eigenvalue weighted by Crippen LogP contribution is 2.25. The van der Waals surface area contributed by atoms with Crippen molar-refractivity contribution in [2.24, 2.45) is 0 Å². The van der Waals surface area contributed by atoms with Crippen LogP contribution in [0.15, 0.2) is 42.7 Å². The third kappa shape index (κ3) is 3.37. The molecule has 110 valence electrons. The van der Waals surface area contributed by atoms with E-state index in [2.05, 4.69) is 15.2 Å². The predicted molar refractivity (Wildman–Crippen MR) is 78.3 cm³/mol. The zero-order chi connectivity index (χ0) is 14.7. The number of benzene rings is 1. The van der Waals surface area contributed by atoms with Gasteiger partial charge in [0.2, 0.25) is 0 Å². The molecule has 0 spiro atoms. The summed E-state index contributed by atoms with van der Waals surface area (Å²) in [5, 5.41) is 12.9. The number of phenolic OH excluding ortho intramolecular Hbond substituents is 1. The molecule has 1 saturated heterocycles. The van der Waals surface area contributed by atoms with Gasteiger partial charge in [-0.2, -0.15) is 0 Å². The van der Waals surface area contributed by atoms with Gasteiger partial charge in [-0.1, -0.05) is 0 Å². The Morgan fingerprint density at radius 3 is 2.86 bits per heavy atom. The molecule has 2 aromatic rings. The van der Waals surface area contributed by atoms with Crippen molar-refractivity contribution in [1.29, 1.82) is 0 Å². The van der Waals surface area contributed by atoms with Crippen molar-refractivity contribution < 1.29 is 9.50 Å². The molecule has 3 rings (SSSR count). The summed E-state index contributed by atoms with van der Waals surface area (Å²) in [4.78, 5) is 6.34. The van der Waals surface area contributed by atoms with Crippen molar-refractivity contribution in [1.82, 2.24) is 15.2 Å². The van der Waals surface area contributed by atoms with Crippen molar-refractivity contribution in [3.05, 3.63) is 59.7 Å². The molecule has 1 atom stereocenters. The van der Waals surface area contributed by atoms with E-state index < -0.39 is 5.82 Å². The number of phenols is 1. The van der Waals surface area contributed by atoms with Crippen LogP contribution >= 0.6 is 0 Å². The normalized spacial score (nSPS) is 19.6. The first-order chi connectivity index (χ1) is 10.2. The summed E-state index contributed by atoms with van der Waals surface area (Å²) in [7, 11) is 0. The summed E-state index contributed by atoms with van der Waals surface area (Å²) in [6.07, 6.45) is 3.58. The largest absolute Gasteiger partial charge is 0.508 e. The fraction of sp³-hybridized carbons (Fsp3) is 0.312. The Hall–Kier alpha value is -1.98. The van der Waals surface area contributed by atoms with Crippen LogP contribution in [0.3, 0.4) is 0 Å². The van der Waals surface area contributed by atoms with Gasteiger partial charge < -0.3 is 10.4 Å². The minimum absolute atomic E-state index is 0.0272. The molecule has 5 heteroatoms. The van der Waals surface area contributed by atoms with Gasteiger partial charge in [0.25, 0.3) is 0 Å². The molecule has 1 aromatic heterocycles. The second-order valence-electron chi connectivity index (χ2n) is 5.29. The molecule has 2 N–H and O–H groups in total. The molecule has 0 aliphatic carbocycles. The van der Waals surface area contributed by atoms with Crippen LogP contribution in [-0.2, 0) is 6.54 Å². The molecule has 0 bridgehead atoms. The Balaban J connectivity index is 1.81. The fourth-order valence-electron chi connectivity index (χ4n) is 2.81. The second kappa shape index (κ2) is 6.20. The number of aromatic nitrogens is 1. The number of piperazine rings is 1. The first-order valence-corrected chi connectivity index (χ1v) is 7.05. The van der Waals surface area contributed by atoms with Gasteiger partial charge in [0.1, 0.15) is 11.6 Å². The molecule has 21 heavy (non-hydrogen) atoms. The summed E-state index contributed by atoms with van der Waals surface area (Å²) in [6, 6.07) is 8.47. The highest BCUT2D eigenvalue weighted by atomic mass is 19.1. The van der Waals surface area contributed by atoms with Gasteiger partial charge in [0.05, 0.1) is 0 Å². The van der Waals surface area contributed by atoms with Crippen molar-refractivity contribution in [2.75, 3.05) is 19.6 Å². The predicted octanol–water partition coefficient (Wildman–Crippen LogP) is 2.07. The molecule has 1 aliphatic heterocycles.